The number of hydrogen-bond acceptors (Lipinski definition) is 5. The van der Waals surface area contributed by atoms with E-state index in [1.54, 1.807) is 6.33 Å². The molecule has 2 unspecified atom stereocenters. The number of rotatable bonds is 4. The molecule has 0 aromatic carbocycles. The predicted molar refractivity (Wildman–Crippen MR) is 80.7 cm³/mol. The Morgan fingerprint density at radius 2 is 2.26 bits per heavy atom. The third-order valence-electron chi connectivity index (χ3n) is 3.19. The Morgan fingerprint density at radius 1 is 1.47 bits per heavy atom. The van der Waals surface area contributed by atoms with E-state index in [1.807, 2.05) is 0 Å². The van der Waals surface area contributed by atoms with Crippen molar-refractivity contribution in [2.45, 2.75) is 39.3 Å². The molecule has 1 aliphatic heterocycles. The maximum atomic E-state index is 5.66. The zero-order valence-corrected chi connectivity index (χ0v) is 13.3. The fourth-order valence-electron chi connectivity index (χ4n) is 2.13. The van der Waals surface area contributed by atoms with Crippen molar-refractivity contribution in [2.75, 3.05) is 29.9 Å². The Morgan fingerprint density at radius 3 is 3.00 bits per heavy atom. The molecule has 1 aromatic heterocycles. The van der Waals surface area contributed by atoms with Gasteiger partial charge in [0.05, 0.1) is 18.8 Å². The Labute approximate surface area is 122 Å². The molecule has 2 heterocycles. The van der Waals surface area contributed by atoms with Gasteiger partial charge in [-0.15, -0.1) is 0 Å². The van der Waals surface area contributed by atoms with Crippen LogP contribution >= 0.6 is 15.9 Å². The molecule has 2 rings (SSSR count). The molecule has 1 aromatic rings. The summed E-state index contributed by atoms with van der Waals surface area (Å²) < 4.78 is 6.60. The summed E-state index contributed by atoms with van der Waals surface area (Å²) in [4.78, 5) is 11.0. The number of anilines is 2. The summed E-state index contributed by atoms with van der Waals surface area (Å²) in [7, 11) is 0. The lowest BCUT2D eigenvalue weighted by molar-refractivity contribution is 0.0340. The van der Waals surface area contributed by atoms with Crippen molar-refractivity contribution in [1.82, 2.24) is 9.97 Å². The summed E-state index contributed by atoms with van der Waals surface area (Å²) in [5, 5.41) is 3.31. The van der Waals surface area contributed by atoms with Gasteiger partial charge in [-0.2, -0.15) is 0 Å². The van der Waals surface area contributed by atoms with Crippen LogP contribution in [0.4, 0.5) is 11.6 Å². The van der Waals surface area contributed by atoms with Crippen molar-refractivity contribution in [3.63, 3.8) is 0 Å². The first-order valence-corrected chi connectivity index (χ1v) is 7.55. The molecule has 0 aliphatic carbocycles. The molecule has 19 heavy (non-hydrogen) atoms. The summed E-state index contributed by atoms with van der Waals surface area (Å²) >= 11 is 3.62. The fourth-order valence-corrected chi connectivity index (χ4v) is 2.70. The second kappa shape index (κ2) is 6.52. The Hall–Kier alpha value is -0.880. The smallest absolute Gasteiger partial charge is 0.148 e. The third kappa shape index (κ3) is 3.36. The Balaban J connectivity index is 2.23. The molecule has 6 heteroatoms. The van der Waals surface area contributed by atoms with Crippen LogP contribution in [0.5, 0.6) is 0 Å². The van der Waals surface area contributed by atoms with Gasteiger partial charge in [-0.1, -0.05) is 6.92 Å². The van der Waals surface area contributed by atoms with E-state index in [2.05, 4.69) is 56.9 Å². The molecule has 106 valence electrons. The van der Waals surface area contributed by atoms with Crippen molar-refractivity contribution in [3.8, 4) is 0 Å². The molecule has 1 N–H and O–H groups in total. The topological polar surface area (TPSA) is 50.3 Å². The van der Waals surface area contributed by atoms with Crippen LogP contribution in [-0.4, -0.2) is 41.8 Å². The maximum Gasteiger partial charge on any atom is 0.148 e. The molecular formula is C13H21BrN4O. The molecule has 5 nitrogen and oxygen atoms in total. The van der Waals surface area contributed by atoms with Gasteiger partial charge in [0.15, 0.2) is 0 Å². The average Bonchev–Trinajstić information content (AvgIpc) is 2.41. The minimum absolute atomic E-state index is 0.227. The van der Waals surface area contributed by atoms with Crippen molar-refractivity contribution in [3.05, 3.63) is 10.8 Å². The van der Waals surface area contributed by atoms with Crippen LogP contribution in [0.2, 0.25) is 0 Å². The van der Waals surface area contributed by atoms with E-state index in [0.717, 1.165) is 42.2 Å². The van der Waals surface area contributed by atoms with E-state index in [1.165, 1.54) is 0 Å². The summed E-state index contributed by atoms with van der Waals surface area (Å²) in [5.41, 5.74) is 0. The summed E-state index contributed by atoms with van der Waals surface area (Å²) in [6.45, 7) is 8.86. The van der Waals surface area contributed by atoms with Crippen molar-refractivity contribution >= 4 is 27.6 Å². The summed E-state index contributed by atoms with van der Waals surface area (Å²) in [6.07, 6.45) is 2.91. The van der Waals surface area contributed by atoms with Gasteiger partial charge in [0.25, 0.3) is 0 Å². The van der Waals surface area contributed by atoms with Crippen molar-refractivity contribution in [1.29, 1.82) is 0 Å². The predicted octanol–water partition coefficient (Wildman–Crippen LogP) is 2.67. The van der Waals surface area contributed by atoms with Gasteiger partial charge in [-0.05, 0) is 36.2 Å². The number of hydrogen-bond donors (Lipinski definition) is 1. The highest BCUT2D eigenvalue weighted by molar-refractivity contribution is 9.10. The van der Waals surface area contributed by atoms with Gasteiger partial charge in [-0.3, -0.25) is 0 Å². The molecule has 1 saturated heterocycles. The van der Waals surface area contributed by atoms with Gasteiger partial charge in [0, 0.05) is 13.1 Å². The van der Waals surface area contributed by atoms with Gasteiger partial charge >= 0.3 is 0 Å². The van der Waals surface area contributed by atoms with E-state index in [-0.39, 0.29) is 6.10 Å². The minimum atomic E-state index is 0.227. The molecule has 0 spiro atoms. The summed E-state index contributed by atoms with van der Waals surface area (Å²) in [5.74, 6) is 1.80. The SMILES string of the molecule is CCCNc1ncnc(N2CC(C)OCC2C)c1Br. The van der Waals surface area contributed by atoms with E-state index < -0.39 is 0 Å². The first-order valence-electron chi connectivity index (χ1n) is 6.76. The number of aromatic nitrogens is 2. The van der Waals surface area contributed by atoms with Crippen LogP contribution in [0.15, 0.2) is 10.8 Å². The minimum Gasteiger partial charge on any atom is -0.375 e. The normalized spacial score (nSPS) is 23.5. The van der Waals surface area contributed by atoms with E-state index >= 15 is 0 Å². The lowest BCUT2D eigenvalue weighted by atomic mass is 10.2. The average molecular weight is 329 g/mol. The zero-order chi connectivity index (χ0) is 13.8. The highest BCUT2D eigenvalue weighted by Gasteiger charge is 2.26. The quantitative estimate of drug-likeness (QED) is 0.920. The molecule has 0 bridgehead atoms. The fraction of sp³-hybridized carbons (Fsp3) is 0.692. The molecule has 1 aliphatic rings. The van der Waals surface area contributed by atoms with Gasteiger partial charge in [0.1, 0.15) is 22.4 Å². The molecule has 2 atom stereocenters. The van der Waals surface area contributed by atoms with Crippen molar-refractivity contribution in [2.24, 2.45) is 0 Å². The standard InChI is InChI=1S/C13H21BrN4O/c1-4-5-15-12-11(14)13(17-8-16-12)18-6-10(3)19-7-9(18)2/h8-10H,4-7H2,1-3H3,(H,15,16,17). The van der Waals surface area contributed by atoms with Crippen LogP contribution in [0, 0.1) is 0 Å². The van der Waals surface area contributed by atoms with Crippen molar-refractivity contribution < 1.29 is 4.74 Å². The second-order valence-corrected chi connectivity index (χ2v) is 5.72. The number of halogens is 1. The second-order valence-electron chi connectivity index (χ2n) is 4.93. The first kappa shape index (κ1) is 14.5. The van der Waals surface area contributed by atoms with Gasteiger partial charge in [-0.25, -0.2) is 9.97 Å². The highest BCUT2D eigenvalue weighted by atomic mass is 79.9. The van der Waals surface area contributed by atoms with E-state index in [9.17, 15) is 0 Å². The Bertz CT molecular complexity index is 429. The lowest BCUT2D eigenvalue weighted by Crippen LogP contribution is -2.48. The van der Waals surface area contributed by atoms with Crippen LogP contribution in [0.1, 0.15) is 27.2 Å². The monoisotopic (exact) mass is 328 g/mol. The zero-order valence-electron chi connectivity index (χ0n) is 11.7. The molecule has 0 radical (unpaired) electrons. The van der Waals surface area contributed by atoms with Gasteiger partial charge in [0.2, 0.25) is 0 Å². The first-order chi connectivity index (χ1) is 9.13. The number of morpholine rings is 1. The van der Waals surface area contributed by atoms with Crippen LogP contribution in [0.3, 0.4) is 0 Å². The van der Waals surface area contributed by atoms with Crippen LogP contribution < -0.4 is 10.2 Å². The van der Waals surface area contributed by atoms with E-state index in [0.29, 0.717) is 6.04 Å². The molecular weight excluding hydrogens is 308 g/mol. The largest absolute Gasteiger partial charge is 0.375 e. The van der Waals surface area contributed by atoms with Crippen LogP contribution in [0.25, 0.3) is 0 Å². The van der Waals surface area contributed by atoms with Crippen LogP contribution in [-0.2, 0) is 4.74 Å². The lowest BCUT2D eigenvalue weighted by Gasteiger charge is -2.38. The number of ether oxygens (including phenoxy) is 1. The Kier molecular flexibility index (Phi) is 4.99. The molecule has 0 saturated carbocycles. The number of nitrogens with one attached hydrogen (secondary N) is 1. The molecule has 0 amide bonds. The highest BCUT2D eigenvalue weighted by Crippen LogP contribution is 2.31. The molecule has 1 fully saturated rings. The number of nitrogens with zero attached hydrogens (tertiary/aromatic N) is 3. The summed E-state index contributed by atoms with van der Waals surface area (Å²) in [6, 6.07) is 0.321. The maximum absolute atomic E-state index is 5.66. The van der Waals surface area contributed by atoms with Gasteiger partial charge < -0.3 is 15.0 Å². The third-order valence-corrected chi connectivity index (χ3v) is 3.92. The van der Waals surface area contributed by atoms with E-state index in [4.69, 9.17) is 4.74 Å².